The predicted molar refractivity (Wildman–Crippen MR) is 87.0 cm³/mol. The van der Waals surface area contributed by atoms with Crippen molar-refractivity contribution in [2.24, 2.45) is 0 Å². The molecule has 6 heteroatoms. The van der Waals surface area contributed by atoms with Gasteiger partial charge in [0, 0.05) is 30.9 Å². The molecule has 1 fully saturated rings. The van der Waals surface area contributed by atoms with Crippen LogP contribution in [0.4, 0.5) is 5.82 Å². The van der Waals surface area contributed by atoms with Crippen molar-refractivity contribution in [1.82, 2.24) is 20.2 Å². The second kappa shape index (κ2) is 5.69. The van der Waals surface area contributed by atoms with E-state index in [4.69, 9.17) is 5.26 Å². The van der Waals surface area contributed by atoms with E-state index >= 15 is 0 Å². The van der Waals surface area contributed by atoms with Crippen LogP contribution in [-0.4, -0.2) is 33.3 Å². The summed E-state index contributed by atoms with van der Waals surface area (Å²) in [7, 11) is 0. The third kappa shape index (κ3) is 2.50. The summed E-state index contributed by atoms with van der Waals surface area (Å²) in [6.45, 7) is 1.89. The highest BCUT2D eigenvalue weighted by Crippen LogP contribution is 2.33. The van der Waals surface area contributed by atoms with E-state index in [0.29, 0.717) is 11.6 Å². The zero-order chi connectivity index (χ0) is 15.6. The zero-order valence-corrected chi connectivity index (χ0v) is 12.6. The van der Waals surface area contributed by atoms with Gasteiger partial charge < -0.3 is 9.88 Å². The van der Waals surface area contributed by atoms with Crippen LogP contribution >= 0.6 is 0 Å². The Bertz CT molecular complexity index is 853. The first-order valence-electron chi connectivity index (χ1n) is 7.76. The van der Waals surface area contributed by atoms with Gasteiger partial charge in [0.1, 0.15) is 11.7 Å². The van der Waals surface area contributed by atoms with Crippen LogP contribution in [0, 0.1) is 11.3 Å². The second-order valence-electron chi connectivity index (χ2n) is 5.79. The lowest BCUT2D eigenvalue weighted by Gasteiger charge is -2.32. The molecule has 1 aliphatic rings. The first kappa shape index (κ1) is 13.7. The lowest BCUT2D eigenvalue weighted by atomic mass is 9.89. The standard InChI is InChI=1S/C17H16N6/c18-10-13-3-4-16(22-21-13)23-8-5-12(6-9-23)15-11-20-17-14(15)2-1-7-19-17/h1-4,7,11-12H,5-6,8-9H2,(H,19,20). The smallest absolute Gasteiger partial charge is 0.163 e. The summed E-state index contributed by atoms with van der Waals surface area (Å²) < 4.78 is 0. The van der Waals surface area contributed by atoms with Crippen molar-refractivity contribution in [3.05, 3.63) is 47.9 Å². The Morgan fingerprint density at radius 1 is 1.17 bits per heavy atom. The monoisotopic (exact) mass is 304 g/mol. The number of hydrogen-bond acceptors (Lipinski definition) is 5. The van der Waals surface area contributed by atoms with Crippen molar-refractivity contribution in [2.45, 2.75) is 18.8 Å². The maximum atomic E-state index is 8.79. The van der Waals surface area contributed by atoms with Gasteiger partial charge in [-0.05, 0) is 48.6 Å². The van der Waals surface area contributed by atoms with Gasteiger partial charge in [-0.15, -0.1) is 10.2 Å². The molecule has 6 nitrogen and oxygen atoms in total. The third-order valence-corrected chi connectivity index (χ3v) is 4.51. The van der Waals surface area contributed by atoms with Crippen LogP contribution in [-0.2, 0) is 0 Å². The second-order valence-corrected chi connectivity index (χ2v) is 5.79. The number of piperidine rings is 1. The van der Waals surface area contributed by atoms with E-state index < -0.39 is 0 Å². The largest absolute Gasteiger partial charge is 0.355 e. The van der Waals surface area contributed by atoms with E-state index in [9.17, 15) is 0 Å². The summed E-state index contributed by atoms with van der Waals surface area (Å²) in [6.07, 6.45) is 6.06. The Morgan fingerprint density at radius 2 is 2.04 bits per heavy atom. The highest BCUT2D eigenvalue weighted by atomic mass is 15.3. The van der Waals surface area contributed by atoms with Gasteiger partial charge in [-0.2, -0.15) is 5.26 Å². The minimum Gasteiger partial charge on any atom is -0.355 e. The number of nitrogens with zero attached hydrogens (tertiary/aromatic N) is 5. The van der Waals surface area contributed by atoms with Gasteiger partial charge in [0.05, 0.1) is 0 Å². The number of aromatic nitrogens is 4. The molecule has 0 aliphatic carbocycles. The van der Waals surface area contributed by atoms with Gasteiger partial charge in [-0.25, -0.2) is 4.98 Å². The number of H-pyrrole nitrogens is 1. The molecule has 0 bridgehead atoms. The topological polar surface area (TPSA) is 81.5 Å². The predicted octanol–water partition coefficient (Wildman–Crippen LogP) is 2.61. The quantitative estimate of drug-likeness (QED) is 0.787. The lowest BCUT2D eigenvalue weighted by molar-refractivity contribution is 0.503. The van der Waals surface area contributed by atoms with Crippen LogP contribution in [0.3, 0.4) is 0 Å². The maximum Gasteiger partial charge on any atom is 0.163 e. The first-order chi connectivity index (χ1) is 11.3. The van der Waals surface area contributed by atoms with Crippen molar-refractivity contribution in [3.8, 4) is 6.07 Å². The highest BCUT2D eigenvalue weighted by molar-refractivity contribution is 5.80. The summed E-state index contributed by atoms with van der Waals surface area (Å²) >= 11 is 0. The van der Waals surface area contributed by atoms with E-state index in [1.165, 1.54) is 10.9 Å². The van der Waals surface area contributed by atoms with Crippen molar-refractivity contribution in [3.63, 3.8) is 0 Å². The normalized spacial score (nSPS) is 15.7. The maximum absolute atomic E-state index is 8.79. The number of nitriles is 1. The molecule has 1 N–H and O–H groups in total. The van der Waals surface area contributed by atoms with Crippen LogP contribution in [0.1, 0.15) is 30.0 Å². The summed E-state index contributed by atoms with van der Waals surface area (Å²) in [5.74, 6) is 1.39. The molecule has 0 atom stereocenters. The fourth-order valence-electron chi connectivity index (χ4n) is 3.29. The fraction of sp³-hybridized carbons (Fsp3) is 0.294. The summed E-state index contributed by atoms with van der Waals surface area (Å²) in [4.78, 5) is 9.86. The average Bonchev–Trinajstić information content (AvgIpc) is 3.06. The molecular formula is C17H16N6. The van der Waals surface area contributed by atoms with Gasteiger partial charge in [0.15, 0.2) is 11.5 Å². The molecule has 1 saturated heterocycles. The van der Waals surface area contributed by atoms with Crippen LogP contribution in [0.2, 0.25) is 0 Å². The van der Waals surface area contributed by atoms with Gasteiger partial charge in [-0.1, -0.05) is 0 Å². The molecule has 3 aromatic rings. The summed E-state index contributed by atoms with van der Waals surface area (Å²) in [5.41, 5.74) is 2.68. The fourth-order valence-corrected chi connectivity index (χ4v) is 3.29. The minimum atomic E-state index is 0.356. The highest BCUT2D eigenvalue weighted by Gasteiger charge is 2.23. The zero-order valence-electron chi connectivity index (χ0n) is 12.6. The van der Waals surface area contributed by atoms with Gasteiger partial charge >= 0.3 is 0 Å². The minimum absolute atomic E-state index is 0.356. The van der Waals surface area contributed by atoms with Crippen molar-refractivity contribution in [1.29, 1.82) is 5.26 Å². The average molecular weight is 304 g/mol. The van der Waals surface area contributed by atoms with Crippen molar-refractivity contribution < 1.29 is 0 Å². The van der Waals surface area contributed by atoms with E-state index in [-0.39, 0.29) is 0 Å². The number of fused-ring (bicyclic) bond motifs is 1. The third-order valence-electron chi connectivity index (χ3n) is 4.51. The van der Waals surface area contributed by atoms with E-state index in [1.54, 1.807) is 6.07 Å². The first-order valence-corrected chi connectivity index (χ1v) is 7.76. The van der Waals surface area contributed by atoms with E-state index in [0.717, 1.165) is 37.4 Å². The molecule has 4 rings (SSSR count). The van der Waals surface area contributed by atoms with Crippen LogP contribution in [0.5, 0.6) is 0 Å². The molecule has 114 valence electrons. The Kier molecular flexibility index (Phi) is 3.39. The Morgan fingerprint density at radius 3 is 2.78 bits per heavy atom. The van der Waals surface area contributed by atoms with Crippen LogP contribution in [0.25, 0.3) is 11.0 Å². The van der Waals surface area contributed by atoms with Gasteiger partial charge in [0.2, 0.25) is 0 Å². The molecule has 0 amide bonds. The van der Waals surface area contributed by atoms with Gasteiger partial charge in [0.25, 0.3) is 0 Å². The number of anilines is 1. The molecule has 23 heavy (non-hydrogen) atoms. The molecule has 3 aromatic heterocycles. The molecule has 0 spiro atoms. The molecule has 0 radical (unpaired) electrons. The molecule has 1 aliphatic heterocycles. The molecule has 0 aromatic carbocycles. The molecule has 0 unspecified atom stereocenters. The summed E-state index contributed by atoms with van der Waals surface area (Å²) in [5, 5.41) is 18.1. The number of aromatic amines is 1. The van der Waals surface area contributed by atoms with E-state index in [1.807, 2.05) is 24.4 Å². The number of pyridine rings is 1. The van der Waals surface area contributed by atoms with E-state index in [2.05, 4.69) is 37.3 Å². The van der Waals surface area contributed by atoms with Crippen LogP contribution in [0.15, 0.2) is 36.7 Å². The summed E-state index contributed by atoms with van der Waals surface area (Å²) in [6, 6.07) is 9.72. The molecule has 0 saturated carbocycles. The van der Waals surface area contributed by atoms with Crippen LogP contribution < -0.4 is 4.90 Å². The number of nitrogens with one attached hydrogen (secondary N) is 1. The van der Waals surface area contributed by atoms with Crippen molar-refractivity contribution in [2.75, 3.05) is 18.0 Å². The molecule has 4 heterocycles. The Balaban J connectivity index is 1.49. The van der Waals surface area contributed by atoms with Gasteiger partial charge in [-0.3, -0.25) is 0 Å². The van der Waals surface area contributed by atoms with Crippen molar-refractivity contribution >= 4 is 16.9 Å². The number of rotatable bonds is 2. The SMILES string of the molecule is N#Cc1ccc(N2CCC(c3c[nH]c4ncccc34)CC2)nn1. The molecular weight excluding hydrogens is 288 g/mol. The number of hydrogen-bond donors (Lipinski definition) is 1. The lowest BCUT2D eigenvalue weighted by Crippen LogP contribution is -2.33. The Hall–Kier alpha value is -2.94. The Labute approximate surface area is 133 Å².